The highest BCUT2D eigenvalue weighted by Crippen LogP contribution is 2.45. The summed E-state index contributed by atoms with van der Waals surface area (Å²) in [4.78, 5) is 28.6. The van der Waals surface area contributed by atoms with Gasteiger partial charge in [0.15, 0.2) is 0 Å². The van der Waals surface area contributed by atoms with Crippen molar-refractivity contribution in [2.45, 2.75) is 65.5 Å². The van der Waals surface area contributed by atoms with E-state index in [2.05, 4.69) is 5.10 Å². The SMILES string of the molecule is CC(=O)N1CC2(CCN(C(=O)/C=C/c3c(C)nn(C)c3C)CC2)CC(O)C1(C)C. The Morgan fingerprint density at radius 1 is 1.21 bits per heavy atom. The minimum atomic E-state index is -0.557. The van der Waals surface area contributed by atoms with Gasteiger partial charge < -0.3 is 14.9 Å². The number of carbonyl (C=O) groups excluding carboxylic acids is 2. The first kappa shape index (κ1) is 21.6. The molecule has 0 bridgehead atoms. The molecule has 2 fully saturated rings. The zero-order valence-electron chi connectivity index (χ0n) is 18.5. The molecule has 0 saturated carbocycles. The van der Waals surface area contributed by atoms with E-state index in [1.54, 1.807) is 13.0 Å². The monoisotopic (exact) mass is 402 g/mol. The predicted octanol–water partition coefficient (Wildman–Crippen LogP) is 2.05. The standard InChI is InChI=1S/C22H34N4O3/c1-15-18(16(2)24(6)23-15)7-8-20(29)25-11-9-22(10-12-25)13-19(28)21(4,5)26(14-22)17(3)27/h7-8,19,28H,9-14H2,1-6H3/b8-7+. The molecular weight excluding hydrogens is 368 g/mol. The Morgan fingerprint density at radius 3 is 2.34 bits per heavy atom. The number of nitrogens with zero attached hydrogens (tertiary/aromatic N) is 4. The van der Waals surface area contributed by atoms with Gasteiger partial charge in [-0.05, 0) is 58.4 Å². The van der Waals surface area contributed by atoms with Gasteiger partial charge in [0.25, 0.3) is 0 Å². The Hall–Kier alpha value is -2.15. The maximum atomic E-state index is 12.7. The topological polar surface area (TPSA) is 78.7 Å². The number of aryl methyl sites for hydroxylation is 2. The van der Waals surface area contributed by atoms with E-state index in [9.17, 15) is 14.7 Å². The summed E-state index contributed by atoms with van der Waals surface area (Å²) in [6, 6.07) is 0. The molecule has 29 heavy (non-hydrogen) atoms. The minimum Gasteiger partial charge on any atom is -0.391 e. The number of aliphatic hydroxyl groups excluding tert-OH is 1. The highest BCUT2D eigenvalue weighted by Gasteiger charge is 2.50. The fourth-order valence-corrected chi connectivity index (χ4v) is 4.82. The van der Waals surface area contributed by atoms with Gasteiger partial charge in [0.05, 0.1) is 17.3 Å². The van der Waals surface area contributed by atoms with Crippen LogP contribution >= 0.6 is 0 Å². The maximum absolute atomic E-state index is 12.7. The van der Waals surface area contributed by atoms with E-state index in [1.165, 1.54) is 0 Å². The Kier molecular flexibility index (Phi) is 5.64. The minimum absolute atomic E-state index is 0.00242. The van der Waals surface area contributed by atoms with Crippen LogP contribution in [-0.4, -0.2) is 67.8 Å². The van der Waals surface area contributed by atoms with Gasteiger partial charge in [-0.2, -0.15) is 5.10 Å². The van der Waals surface area contributed by atoms with Crippen molar-refractivity contribution in [1.29, 1.82) is 0 Å². The molecule has 1 atom stereocenters. The summed E-state index contributed by atoms with van der Waals surface area (Å²) in [5.41, 5.74) is 2.27. The van der Waals surface area contributed by atoms with Gasteiger partial charge in [-0.3, -0.25) is 14.3 Å². The fraction of sp³-hybridized carbons (Fsp3) is 0.682. The molecule has 7 nitrogen and oxygen atoms in total. The van der Waals surface area contributed by atoms with Crippen LogP contribution in [0.15, 0.2) is 6.08 Å². The van der Waals surface area contributed by atoms with Gasteiger partial charge in [-0.15, -0.1) is 0 Å². The van der Waals surface area contributed by atoms with E-state index in [1.807, 2.05) is 55.3 Å². The number of piperidine rings is 2. The second-order valence-electron chi connectivity index (χ2n) is 9.35. The summed E-state index contributed by atoms with van der Waals surface area (Å²) >= 11 is 0. The van der Waals surface area contributed by atoms with E-state index in [4.69, 9.17) is 0 Å². The van der Waals surface area contributed by atoms with E-state index in [0.717, 1.165) is 29.8 Å². The Labute approximate surface area is 173 Å². The molecule has 3 rings (SSSR count). The molecule has 2 aliphatic heterocycles. The smallest absolute Gasteiger partial charge is 0.246 e. The number of amides is 2. The lowest BCUT2D eigenvalue weighted by Crippen LogP contribution is -2.64. The molecule has 0 radical (unpaired) electrons. The normalized spacial score (nSPS) is 23.8. The van der Waals surface area contributed by atoms with Gasteiger partial charge >= 0.3 is 0 Å². The molecule has 0 aromatic carbocycles. The van der Waals surface area contributed by atoms with Crippen molar-refractivity contribution in [2.75, 3.05) is 19.6 Å². The molecule has 2 amide bonds. The first-order chi connectivity index (χ1) is 13.5. The van der Waals surface area contributed by atoms with Crippen molar-refractivity contribution in [3.8, 4) is 0 Å². The highest BCUT2D eigenvalue weighted by molar-refractivity contribution is 5.92. The summed E-state index contributed by atoms with van der Waals surface area (Å²) in [6.07, 6.45) is 5.21. The van der Waals surface area contributed by atoms with Crippen molar-refractivity contribution in [3.05, 3.63) is 23.0 Å². The zero-order valence-corrected chi connectivity index (χ0v) is 18.5. The fourth-order valence-electron chi connectivity index (χ4n) is 4.82. The maximum Gasteiger partial charge on any atom is 0.246 e. The Morgan fingerprint density at radius 2 is 1.83 bits per heavy atom. The third-order valence-corrected chi connectivity index (χ3v) is 7.10. The number of hydrogen-bond acceptors (Lipinski definition) is 4. The molecule has 1 aromatic heterocycles. The summed E-state index contributed by atoms with van der Waals surface area (Å²) in [5.74, 6) is -0.000565. The molecule has 7 heteroatoms. The summed E-state index contributed by atoms with van der Waals surface area (Å²) in [6.45, 7) is 11.3. The van der Waals surface area contributed by atoms with Crippen molar-refractivity contribution in [3.63, 3.8) is 0 Å². The van der Waals surface area contributed by atoms with Crippen LogP contribution in [0.3, 0.4) is 0 Å². The molecule has 160 valence electrons. The Balaban J connectivity index is 1.66. The first-order valence-corrected chi connectivity index (χ1v) is 10.4. The van der Waals surface area contributed by atoms with Gasteiger partial charge in [-0.1, -0.05) is 0 Å². The van der Waals surface area contributed by atoms with Crippen LogP contribution in [0.25, 0.3) is 6.08 Å². The van der Waals surface area contributed by atoms with Gasteiger partial charge in [0.2, 0.25) is 11.8 Å². The van der Waals surface area contributed by atoms with E-state index in [0.29, 0.717) is 26.1 Å². The molecule has 1 N–H and O–H groups in total. The van der Waals surface area contributed by atoms with Crippen LogP contribution in [0.4, 0.5) is 0 Å². The van der Waals surface area contributed by atoms with Crippen molar-refractivity contribution in [2.24, 2.45) is 12.5 Å². The third kappa shape index (κ3) is 3.97. The summed E-state index contributed by atoms with van der Waals surface area (Å²) < 4.78 is 1.82. The number of aliphatic hydroxyl groups is 1. The van der Waals surface area contributed by atoms with E-state index >= 15 is 0 Å². The molecule has 0 aliphatic carbocycles. The summed E-state index contributed by atoms with van der Waals surface area (Å²) in [5, 5.41) is 15.1. The van der Waals surface area contributed by atoms with Crippen molar-refractivity contribution < 1.29 is 14.7 Å². The van der Waals surface area contributed by atoms with Crippen LogP contribution in [-0.2, 0) is 16.6 Å². The molecule has 1 aromatic rings. The Bertz CT molecular complexity index is 831. The number of likely N-dealkylation sites (tertiary alicyclic amines) is 2. The highest BCUT2D eigenvalue weighted by atomic mass is 16.3. The molecule has 2 aliphatic rings. The van der Waals surface area contributed by atoms with Gasteiger partial charge in [0.1, 0.15) is 0 Å². The lowest BCUT2D eigenvalue weighted by molar-refractivity contribution is -0.158. The summed E-state index contributed by atoms with van der Waals surface area (Å²) in [7, 11) is 1.90. The van der Waals surface area contributed by atoms with Gasteiger partial charge in [0, 0.05) is 50.9 Å². The lowest BCUT2D eigenvalue weighted by atomic mass is 9.67. The van der Waals surface area contributed by atoms with Crippen molar-refractivity contribution in [1.82, 2.24) is 19.6 Å². The lowest BCUT2D eigenvalue weighted by Gasteiger charge is -2.55. The van der Waals surface area contributed by atoms with Crippen LogP contribution in [0.1, 0.15) is 57.0 Å². The number of hydrogen-bond donors (Lipinski definition) is 1. The molecular formula is C22H34N4O3. The second kappa shape index (κ2) is 7.59. The van der Waals surface area contributed by atoms with E-state index in [-0.39, 0.29) is 17.2 Å². The quantitative estimate of drug-likeness (QED) is 0.768. The second-order valence-corrected chi connectivity index (χ2v) is 9.35. The third-order valence-electron chi connectivity index (χ3n) is 7.10. The van der Waals surface area contributed by atoms with Crippen LogP contribution < -0.4 is 0 Å². The number of aromatic nitrogens is 2. The first-order valence-electron chi connectivity index (χ1n) is 10.4. The molecule has 2 saturated heterocycles. The van der Waals surface area contributed by atoms with E-state index < -0.39 is 11.6 Å². The average molecular weight is 403 g/mol. The molecule has 1 unspecified atom stereocenters. The van der Waals surface area contributed by atoms with Crippen LogP contribution in [0, 0.1) is 19.3 Å². The molecule has 1 spiro atoms. The number of rotatable bonds is 2. The average Bonchev–Trinajstić information content (AvgIpc) is 2.89. The van der Waals surface area contributed by atoms with Crippen LogP contribution in [0.2, 0.25) is 0 Å². The van der Waals surface area contributed by atoms with Gasteiger partial charge in [-0.25, -0.2) is 0 Å². The zero-order chi connectivity index (χ0) is 21.6. The van der Waals surface area contributed by atoms with Crippen molar-refractivity contribution >= 4 is 17.9 Å². The number of carbonyl (C=O) groups is 2. The molecule has 3 heterocycles. The predicted molar refractivity (Wildman–Crippen MR) is 112 cm³/mol. The largest absolute Gasteiger partial charge is 0.391 e. The van der Waals surface area contributed by atoms with Crippen LogP contribution in [0.5, 0.6) is 0 Å².